The van der Waals surface area contributed by atoms with Crippen molar-refractivity contribution in [2.45, 2.75) is 24.7 Å². The molecule has 1 amide bonds. The van der Waals surface area contributed by atoms with Crippen LogP contribution in [0.4, 0.5) is 6.01 Å². The Balaban J connectivity index is 1.54. The standard InChI is InChI=1S/C19H18ClN3O4S/c1-13-8-10-14(11-9-13)28(25,26)12-4-7-17(24)21-19-23-22-18(27-19)15-5-2-3-6-16(15)20/h2-3,5-6,8-11H,4,7,12H2,1H3,(H,21,23,24). The zero-order chi connectivity index (χ0) is 20.1. The second kappa shape index (κ2) is 8.53. The maximum absolute atomic E-state index is 12.3. The van der Waals surface area contributed by atoms with E-state index in [9.17, 15) is 13.2 Å². The third-order valence-electron chi connectivity index (χ3n) is 3.97. The van der Waals surface area contributed by atoms with Crippen LogP contribution in [0.1, 0.15) is 18.4 Å². The number of nitrogens with one attached hydrogen (secondary N) is 1. The number of carbonyl (C=O) groups excluding carboxylic acids is 1. The first-order valence-electron chi connectivity index (χ1n) is 8.53. The van der Waals surface area contributed by atoms with E-state index in [0.717, 1.165) is 5.56 Å². The van der Waals surface area contributed by atoms with Crippen LogP contribution in [0.25, 0.3) is 11.5 Å². The number of hydrogen-bond donors (Lipinski definition) is 1. The molecule has 0 aliphatic heterocycles. The Morgan fingerprint density at radius 3 is 2.54 bits per heavy atom. The number of aromatic nitrogens is 2. The summed E-state index contributed by atoms with van der Waals surface area (Å²) in [5.41, 5.74) is 1.54. The number of halogens is 1. The molecule has 0 radical (unpaired) electrons. The Morgan fingerprint density at radius 1 is 1.11 bits per heavy atom. The largest absolute Gasteiger partial charge is 0.403 e. The van der Waals surface area contributed by atoms with Crippen molar-refractivity contribution in [3.05, 3.63) is 59.1 Å². The van der Waals surface area contributed by atoms with Crippen molar-refractivity contribution in [3.8, 4) is 11.5 Å². The topological polar surface area (TPSA) is 102 Å². The van der Waals surface area contributed by atoms with Crippen LogP contribution in [0.3, 0.4) is 0 Å². The summed E-state index contributed by atoms with van der Waals surface area (Å²) < 4.78 is 30.0. The molecule has 3 aromatic rings. The summed E-state index contributed by atoms with van der Waals surface area (Å²) in [7, 11) is -3.43. The molecule has 0 aliphatic carbocycles. The molecule has 3 rings (SSSR count). The minimum atomic E-state index is -3.43. The minimum Gasteiger partial charge on any atom is -0.403 e. The molecule has 0 aliphatic rings. The van der Waals surface area contributed by atoms with E-state index in [1.54, 1.807) is 48.5 Å². The lowest BCUT2D eigenvalue weighted by molar-refractivity contribution is -0.116. The number of nitrogens with zero attached hydrogens (tertiary/aromatic N) is 2. The lowest BCUT2D eigenvalue weighted by Crippen LogP contribution is -2.14. The van der Waals surface area contributed by atoms with Crippen LogP contribution in [0, 0.1) is 6.92 Å². The average Bonchev–Trinajstić information content (AvgIpc) is 3.10. The molecule has 7 nitrogen and oxygen atoms in total. The number of sulfone groups is 1. The highest BCUT2D eigenvalue weighted by Crippen LogP contribution is 2.27. The third-order valence-corrected chi connectivity index (χ3v) is 6.12. The van der Waals surface area contributed by atoms with Crippen LogP contribution in [-0.2, 0) is 14.6 Å². The fraction of sp³-hybridized carbons (Fsp3) is 0.211. The minimum absolute atomic E-state index is 0.00883. The SMILES string of the molecule is Cc1ccc(S(=O)(=O)CCCC(=O)Nc2nnc(-c3ccccc3Cl)o2)cc1. The maximum Gasteiger partial charge on any atom is 0.322 e. The monoisotopic (exact) mass is 419 g/mol. The summed E-state index contributed by atoms with van der Waals surface area (Å²) in [5, 5.41) is 10.5. The van der Waals surface area contributed by atoms with Gasteiger partial charge in [-0.05, 0) is 37.6 Å². The van der Waals surface area contributed by atoms with Gasteiger partial charge in [-0.3, -0.25) is 10.1 Å². The van der Waals surface area contributed by atoms with Crippen LogP contribution < -0.4 is 5.32 Å². The van der Waals surface area contributed by atoms with Crippen molar-refractivity contribution in [1.29, 1.82) is 0 Å². The predicted molar refractivity (Wildman–Crippen MR) is 106 cm³/mol. The summed E-state index contributed by atoms with van der Waals surface area (Å²) in [6.07, 6.45) is 0.183. The molecular weight excluding hydrogens is 402 g/mol. The quantitative estimate of drug-likeness (QED) is 0.623. The summed E-state index contributed by atoms with van der Waals surface area (Å²) in [5.74, 6) is -0.352. The molecule has 0 fully saturated rings. The van der Waals surface area contributed by atoms with Gasteiger partial charge < -0.3 is 4.42 Å². The van der Waals surface area contributed by atoms with E-state index < -0.39 is 15.7 Å². The molecule has 9 heteroatoms. The second-order valence-corrected chi connectivity index (χ2v) is 8.69. The van der Waals surface area contributed by atoms with Crippen LogP contribution in [0.15, 0.2) is 57.8 Å². The summed E-state index contributed by atoms with van der Waals surface area (Å²) in [4.78, 5) is 12.3. The fourth-order valence-corrected chi connectivity index (χ4v) is 4.01. The summed E-state index contributed by atoms with van der Waals surface area (Å²) in [6, 6.07) is 13.5. The van der Waals surface area contributed by atoms with Gasteiger partial charge in [0.05, 0.1) is 21.2 Å². The highest BCUT2D eigenvalue weighted by molar-refractivity contribution is 7.91. The normalized spacial score (nSPS) is 11.4. The van der Waals surface area contributed by atoms with E-state index in [1.807, 2.05) is 6.92 Å². The van der Waals surface area contributed by atoms with E-state index in [-0.39, 0.29) is 35.4 Å². The lowest BCUT2D eigenvalue weighted by Gasteiger charge is -2.05. The maximum atomic E-state index is 12.3. The van der Waals surface area contributed by atoms with Crippen molar-refractivity contribution in [3.63, 3.8) is 0 Å². The van der Waals surface area contributed by atoms with Crippen LogP contribution in [0.2, 0.25) is 5.02 Å². The first-order valence-corrected chi connectivity index (χ1v) is 10.6. The number of aryl methyl sites for hydroxylation is 1. The van der Waals surface area contributed by atoms with Gasteiger partial charge in [0.2, 0.25) is 5.91 Å². The molecule has 0 saturated heterocycles. The number of amides is 1. The number of anilines is 1. The smallest absolute Gasteiger partial charge is 0.322 e. The molecule has 2 aromatic carbocycles. The number of rotatable bonds is 7. The van der Waals surface area contributed by atoms with Crippen LogP contribution in [-0.4, -0.2) is 30.3 Å². The molecule has 1 heterocycles. The number of carbonyl (C=O) groups is 1. The van der Waals surface area contributed by atoms with Gasteiger partial charge in [-0.2, -0.15) is 0 Å². The average molecular weight is 420 g/mol. The molecule has 146 valence electrons. The van der Waals surface area contributed by atoms with Gasteiger partial charge in [-0.1, -0.05) is 46.5 Å². The number of hydrogen-bond acceptors (Lipinski definition) is 6. The zero-order valence-electron chi connectivity index (χ0n) is 15.1. The third kappa shape index (κ3) is 4.96. The van der Waals surface area contributed by atoms with E-state index in [4.69, 9.17) is 16.0 Å². The summed E-state index contributed by atoms with van der Waals surface area (Å²) >= 11 is 6.07. The molecule has 28 heavy (non-hydrogen) atoms. The number of benzene rings is 2. The molecule has 0 atom stereocenters. The van der Waals surface area contributed by atoms with Gasteiger partial charge in [-0.25, -0.2) is 8.42 Å². The van der Waals surface area contributed by atoms with Crippen LogP contribution in [0.5, 0.6) is 0 Å². The lowest BCUT2D eigenvalue weighted by atomic mass is 10.2. The van der Waals surface area contributed by atoms with Gasteiger partial charge in [0, 0.05) is 6.42 Å². The Bertz CT molecular complexity index is 1080. The molecule has 0 bridgehead atoms. The van der Waals surface area contributed by atoms with Crippen molar-refractivity contribution < 1.29 is 17.6 Å². The first-order chi connectivity index (χ1) is 13.3. The van der Waals surface area contributed by atoms with Crippen molar-refractivity contribution in [1.82, 2.24) is 10.2 Å². The molecule has 0 unspecified atom stereocenters. The van der Waals surface area contributed by atoms with E-state index >= 15 is 0 Å². The van der Waals surface area contributed by atoms with Crippen molar-refractivity contribution in [2.75, 3.05) is 11.1 Å². The first kappa shape index (κ1) is 20.0. The Hall–Kier alpha value is -2.71. The Kier molecular flexibility index (Phi) is 6.11. The summed E-state index contributed by atoms with van der Waals surface area (Å²) in [6.45, 7) is 1.88. The Morgan fingerprint density at radius 2 is 1.82 bits per heavy atom. The Labute approximate surface area is 167 Å². The molecule has 1 N–H and O–H groups in total. The van der Waals surface area contributed by atoms with Crippen LogP contribution >= 0.6 is 11.6 Å². The van der Waals surface area contributed by atoms with Gasteiger partial charge >= 0.3 is 6.01 Å². The molecule has 0 saturated carbocycles. The molecule has 1 aromatic heterocycles. The van der Waals surface area contributed by atoms with Crippen molar-refractivity contribution in [2.24, 2.45) is 0 Å². The highest BCUT2D eigenvalue weighted by atomic mass is 35.5. The van der Waals surface area contributed by atoms with E-state index in [0.29, 0.717) is 10.6 Å². The van der Waals surface area contributed by atoms with Crippen molar-refractivity contribution >= 4 is 33.4 Å². The molecular formula is C19H18ClN3O4S. The van der Waals surface area contributed by atoms with Gasteiger partial charge in [0.25, 0.3) is 5.89 Å². The van der Waals surface area contributed by atoms with E-state index in [2.05, 4.69) is 15.5 Å². The predicted octanol–water partition coefficient (Wildman–Crippen LogP) is 3.89. The molecule has 0 spiro atoms. The van der Waals surface area contributed by atoms with Gasteiger partial charge in [0.15, 0.2) is 9.84 Å². The van der Waals surface area contributed by atoms with E-state index in [1.165, 1.54) is 0 Å². The highest BCUT2D eigenvalue weighted by Gasteiger charge is 2.16. The van der Waals surface area contributed by atoms with Gasteiger partial charge in [0.1, 0.15) is 0 Å². The van der Waals surface area contributed by atoms with Gasteiger partial charge in [-0.15, -0.1) is 5.10 Å². The zero-order valence-corrected chi connectivity index (χ0v) is 16.6. The fourth-order valence-electron chi connectivity index (χ4n) is 2.49. The second-order valence-electron chi connectivity index (χ2n) is 6.18.